The highest BCUT2D eigenvalue weighted by atomic mass is 19.1. The SMILES string of the molecule is O=C(CNCCc1ccccc1)N1CCN(c2ccc(F)cc2)CC1. The first-order chi connectivity index (χ1) is 12.2. The van der Waals surface area contributed by atoms with Crippen molar-refractivity contribution in [2.75, 3.05) is 44.2 Å². The topological polar surface area (TPSA) is 35.6 Å². The van der Waals surface area contributed by atoms with Crippen molar-refractivity contribution in [3.8, 4) is 0 Å². The summed E-state index contributed by atoms with van der Waals surface area (Å²) in [5.41, 5.74) is 2.28. The number of nitrogens with one attached hydrogen (secondary N) is 1. The molecular formula is C20H24FN3O. The largest absolute Gasteiger partial charge is 0.368 e. The summed E-state index contributed by atoms with van der Waals surface area (Å²) >= 11 is 0. The Kier molecular flexibility index (Phi) is 6.01. The summed E-state index contributed by atoms with van der Waals surface area (Å²) in [4.78, 5) is 16.4. The van der Waals surface area contributed by atoms with E-state index in [0.717, 1.165) is 31.7 Å². The Morgan fingerprint density at radius 1 is 0.960 bits per heavy atom. The van der Waals surface area contributed by atoms with Gasteiger partial charge in [0, 0.05) is 31.9 Å². The number of rotatable bonds is 6. The molecule has 0 radical (unpaired) electrons. The predicted molar refractivity (Wildman–Crippen MR) is 98.2 cm³/mol. The summed E-state index contributed by atoms with van der Waals surface area (Å²) in [6.45, 7) is 4.14. The van der Waals surface area contributed by atoms with E-state index >= 15 is 0 Å². The first-order valence-corrected chi connectivity index (χ1v) is 8.75. The lowest BCUT2D eigenvalue weighted by molar-refractivity contribution is -0.130. The molecule has 0 spiro atoms. The number of nitrogens with zero attached hydrogens (tertiary/aromatic N) is 2. The fourth-order valence-corrected chi connectivity index (χ4v) is 3.05. The molecular weight excluding hydrogens is 317 g/mol. The molecule has 1 N–H and O–H groups in total. The maximum atomic E-state index is 13.0. The van der Waals surface area contributed by atoms with Crippen molar-refractivity contribution in [2.24, 2.45) is 0 Å². The van der Waals surface area contributed by atoms with Crippen LogP contribution < -0.4 is 10.2 Å². The van der Waals surface area contributed by atoms with Crippen molar-refractivity contribution < 1.29 is 9.18 Å². The van der Waals surface area contributed by atoms with E-state index in [1.165, 1.54) is 17.7 Å². The Bertz CT molecular complexity index is 667. The molecule has 1 aliphatic rings. The van der Waals surface area contributed by atoms with E-state index in [1.54, 1.807) is 12.1 Å². The second-order valence-corrected chi connectivity index (χ2v) is 6.26. The molecule has 1 amide bonds. The molecule has 1 saturated heterocycles. The van der Waals surface area contributed by atoms with Crippen molar-refractivity contribution >= 4 is 11.6 Å². The number of amides is 1. The monoisotopic (exact) mass is 341 g/mol. The maximum Gasteiger partial charge on any atom is 0.236 e. The minimum Gasteiger partial charge on any atom is -0.368 e. The van der Waals surface area contributed by atoms with E-state index in [9.17, 15) is 9.18 Å². The van der Waals surface area contributed by atoms with Crippen LogP contribution in [0.5, 0.6) is 0 Å². The zero-order valence-electron chi connectivity index (χ0n) is 14.3. The molecule has 3 rings (SSSR count). The quantitative estimate of drug-likeness (QED) is 0.819. The van der Waals surface area contributed by atoms with Crippen LogP contribution >= 0.6 is 0 Å². The molecule has 1 fully saturated rings. The second kappa shape index (κ2) is 8.62. The number of carbonyl (C=O) groups excluding carboxylic acids is 1. The third-order valence-corrected chi connectivity index (χ3v) is 4.53. The molecule has 4 nitrogen and oxygen atoms in total. The molecule has 0 saturated carbocycles. The lowest BCUT2D eigenvalue weighted by Crippen LogP contribution is -2.51. The zero-order valence-corrected chi connectivity index (χ0v) is 14.3. The molecule has 132 valence electrons. The fraction of sp³-hybridized carbons (Fsp3) is 0.350. The summed E-state index contributed by atoms with van der Waals surface area (Å²) in [5.74, 6) is -0.0778. The minimum absolute atomic E-state index is 0.145. The number of anilines is 1. The van der Waals surface area contributed by atoms with Crippen molar-refractivity contribution in [1.82, 2.24) is 10.2 Å². The van der Waals surface area contributed by atoms with Gasteiger partial charge in [0.25, 0.3) is 0 Å². The van der Waals surface area contributed by atoms with Crippen molar-refractivity contribution in [2.45, 2.75) is 6.42 Å². The number of halogens is 1. The normalized spacial score (nSPS) is 14.6. The Hall–Kier alpha value is -2.40. The minimum atomic E-state index is -0.223. The van der Waals surface area contributed by atoms with Gasteiger partial charge in [-0.05, 0) is 42.8 Å². The van der Waals surface area contributed by atoms with Gasteiger partial charge in [0.15, 0.2) is 0 Å². The van der Waals surface area contributed by atoms with E-state index in [2.05, 4.69) is 22.3 Å². The summed E-state index contributed by atoms with van der Waals surface area (Å²) in [6, 6.07) is 16.8. The number of hydrogen-bond acceptors (Lipinski definition) is 3. The molecule has 0 bridgehead atoms. The number of hydrogen-bond donors (Lipinski definition) is 1. The van der Waals surface area contributed by atoms with Crippen LogP contribution in [0, 0.1) is 5.82 Å². The maximum absolute atomic E-state index is 13.0. The molecule has 0 aliphatic carbocycles. The second-order valence-electron chi connectivity index (χ2n) is 6.26. The lowest BCUT2D eigenvalue weighted by atomic mass is 10.1. The molecule has 0 atom stereocenters. The molecule has 2 aromatic carbocycles. The van der Waals surface area contributed by atoms with Crippen LogP contribution in [0.25, 0.3) is 0 Å². The van der Waals surface area contributed by atoms with Crippen molar-refractivity contribution in [1.29, 1.82) is 0 Å². The predicted octanol–water partition coefficient (Wildman–Crippen LogP) is 2.31. The highest BCUT2D eigenvalue weighted by molar-refractivity contribution is 5.78. The Morgan fingerprint density at radius 2 is 1.64 bits per heavy atom. The van der Waals surface area contributed by atoms with Crippen LogP contribution in [0.1, 0.15) is 5.56 Å². The van der Waals surface area contributed by atoms with E-state index < -0.39 is 0 Å². The molecule has 1 aliphatic heterocycles. The summed E-state index contributed by atoms with van der Waals surface area (Å²) in [6.07, 6.45) is 0.923. The van der Waals surface area contributed by atoms with Gasteiger partial charge in [0.2, 0.25) is 5.91 Å². The van der Waals surface area contributed by atoms with Gasteiger partial charge in [0.1, 0.15) is 5.82 Å². The van der Waals surface area contributed by atoms with E-state index in [-0.39, 0.29) is 11.7 Å². The van der Waals surface area contributed by atoms with Crippen LogP contribution in [-0.2, 0) is 11.2 Å². The Morgan fingerprint density at radius 3 is 2.32 bits per heavy atom. The van der Waals surface area contributed by atoms with Crippen LogP contribution in [0.4, 0.5) is 10.1 Å². The highest BCUT2D eigenvalue weighted by Crippen LogP contribution is 2.16. The van der Waals surface area contributed by atoms with Gasteiger partial charge < -0.3 is 15.1 Å². The first-order valence-electron chi connectivity index (χ1n) is 8.75. The van der Waals surface area contributed by atoms with Crippen molar-refractivity contribution in [3.05, 3.63) is 66.0 Å². The van der Waals surface area contributed by atoms with Gasteiger partial charge in [-0.15, -0.1) is 0 Å². The van der Waals surface area contributed by atoms with Gasteiger partial charge in [-0.25, -0.2) is 4.39 Å². The molecule has 5 heteroatoms. The van der Waals surface area contributed by atoms with E-state index in [4.69, 9.17) is 0 Å². The van der Waals surface area contributed by atoms with Crippen LogP contribution in [0.2, 0.25) is 0 Å². The number of piperazine rings is 1. The average Bonchev–Trinajstić information content (AvgIpc) is 2.67. The van der Waals surface area contributed by atoms with Gasteiger partial charge in [-0.3, -0.25) is 4.79 Å². The van der Waals surface area contributed by atoms with Crippen molar-refractivity contribution in [3.63, 3.8) is 0 Å². The molecule has 1 heterocycles. The van der Waals surface area contributed by atoms with Crippen LogP contribution in [0.3, 0.4) is 0 Å². The Labute approximate surface area is 148 Å². The summed E-state index contributed by atoms with van der Waals surface area (Å²) < 4.78 is 13.0. The summed E-state index contributed by atoms with van der Waals surface area (Å²) in [7, 11) is 0. The first kappa shape index (κ1) is 17.4. The van der Waals surface area contributed by atoms with Gasteiger partial charge in [-0.1, -0.05) is 30.3 Å². The van der Waals surface area contributed by atoms with Crippen LogP contribution in [-0.4, -0.2) is 50.1 Å². The average molecular weight is 341 g/mol. The number of carbonyl (C=O) groups is 1. The lowest BCUT2D eigenvalue weighted by Gasteiger charge is -2.36. The van der Waals surface area contributed by atoms with Gasteiger partial charge in [0.05, 0.1) is 6.54 Å². The third-order valence-electron chi connectivity index (χ3n) is 4.53. The standard InChI is InChI=1S/C20H24FN3O/c21-18-6-8-19(9-7-18)23-12-14-24(15-13-23)20(25)16-22-11-10-17-4-2-1-3-5-17/h1-9,22H,10-16H2. The highest BCUT2D eigenvalue weighted by Gasteiger charge is 2.20. The van der Waals surface area contributed by atoms with Gasteiger partial charge >= 0.3 is 0 Å². The molecule has 2 aromatic rings. The zero-order chi connectivity index (χ0) is 17.5. The third kappa shape index (κ3) is 5.03. The van der Waals surface area contributed by atoms with Crippen LogP contribution in [0.15, 0.2) is 54.6 Å². The number of benzene rings is 2. The Balaban J connectivity index is 1.37. The molecule has 0 unspecified atom stereocenters. The fourth-order valence-electron chi connectivity index (χ4n) is 3.05. The van der Waals surface area contributed by atoms with E-state index in [0.29, 0.717) is 19.6 Å². The summed E-state index contributed by atoms with van der Waals surface area (Å²) in [5, 5.41) is 3.23. The van der Waals surface area contributed by atoms with E-state index in [1.807, 2.05) is 23.1 Å². The smallest absolute Gasteiger partial charge is 0.236 e. The molecule has 25 heavy (non-hydrogen) atoms. The molecule has 0 aromatic heterocycles. The van der Waals surface area contributed by atoms with Gasteiger partial charge in [-0.2, -0.15) is 0 Å².